The van der Waals surface area contributed by atoms with E-state index in [0.717, 1.165) is 17.4 Å². The highest BCUT2D eigenvalue weighted by Crippen LogP contribution is 2.39. The van der Waals surface area contributed by atoms with Gasteiger partial charge in [-0.25, -0.2) is 13.6 Å². The third-order valence-electron chi connectivity index (χ3n) is 8.80. The van der Waals surface area contributed by atoms with E-state index in [4.69, 9.17) is 14.2 Å². The number of pyridine rings is 2. The number of esters is 1. The smallest absolute Gasteiger partial charge is 0.411 e. The predicted molar refractivity (Wildman–Crippen MR) is 168 cm³/mol. The third kappa shape index (κ3) is 6.54. The molecule has 0 spiro atoms. The highest BCUT2D eigenvalue weighted by atomic mass is 19.4. The first-order chi connectivity index (χ1) is 23.4. The summed E-state index contributed by atoms with van der Waals surface area (Å²) in [6, 6.07) is 4.57. The number of anilines is 1. The summed E-state index contributed by atoms with van der Waals surface area (Å²) in [5.41, 5.74) is 1.10. The molecule has 2 aromatic carbocycles. The van der Waals surface area contributed by atoms with Crippen molar-refractivity contribution < 1.29 is 45.8 Å². The van der Waals surface area contributed by atoms with Gasteiger partial charge in [-0.15, -0.1) is 0 Å². The van der Waals surface area contributed by atoms with Crippen molar-refractivity contribution in [3.05, 3.63) is 87.5 Å². The summed E-state index contributed by atoms with van der Waals surface area (Å²) in [6.45, 7) is -0.718. The van der Waals surface area contributed by atoms with E-state index < -0.39 is 59.6 Å². The van der Waals surface area contributed by atoms with Crippen molar-refractivity contribution in [1.82, 2.24) is 14.9 Å². The van der Waals surface area contributed by atoms with Gasteiger partial charge in [0.2, 0.25) is 0 Å². The maximum atomic E-state index is 15.3. The highest BCUT2D eigenvalue weighted by Gasteiger charge is 2.46. The SMILES string of the molecule is COC(=O)[C@H](Cc1ccc(-c2cc3cnccc3n(C)c2=O)c2c1CCCO2)NC(=O)c1c(F)cc(N2CCOC[C@@H]2C(F)(F)F)cc1F. The van der Waals surface area contributed by atoms with Gasteiger partial charge >= 0.3 is 12.1 Å². The Hall–Kier alpha value is -5.05. The van der Waals surface area contributed by atoms with Crippen LogP contribution in [-0.2, 0) is 34.2 Å². The number of fused-ring (bicyclic) bond motifs is 2. The molecule has 0 bridgehead atoms. The number of carbonyl (C=O) groups is 2. The Morgan fingerprint density at radius 3 is 2.57 bits per heavy atom. The van der Waals surface area contributed by atoms with E-state index in [1.54, 1.807) is 43.7 Å². The van der Waals surface area contributed by atoms with E-state index in [1.807, 2.05) is 0 Å². The molecule has 4 heterocycles. The molecule has 0 saturated carbocycles. The van der Waals surface area contributed by atoms with Crippen LogP contribution in [0, 0.1) is 11.6 Å². The molecular formula is C34H31F5N4O6. The van der Waals surface area contributed by atoms with Crippen LogP contribution in [0.3, 0.4) is 0 Å². The topological polar surface area (TPSA) is 112 Å². The Morgan fingerprint density at radius 2 is 1.86 bits per heavy atom. The standard InChI is InChI=1S/C34H31F5N4O6/c1-42-27-7-8-40-16-19(27)12-23(32(42)45)22-6-5-18(21-4-3-10-49-30(21)22)13-26(33(46)47-2)41-31(44)29-24(35)14-20(15-25(29)36)43-9-11-48-17-28(43)34(37,38)39/h5-8,12,14-16,26,28H,3-4,9-11,13,17H2,1-2H3,(H,41,44)/t26-,28+/m0/s1. The largest absolute Gasteiger partial charge is 0.493 e. The number of methoxy groups -OCH3 is 1. The lowest BCUT2D eigenvalue weighted by Crippen LogP contribution is -2.53. The van der Waals surface area contributed by atoms with Crippen LogP contribution in [0.1, 0.15) is 27.9 Å². The molecule has 10 nitrogen and oxygen atoms in total. The quantitative estimate of drug-likeness (QED) is 0.224. The highest BCUT2D eigenvalue weighted by molar-refractivity contribution is 5.97. The van der Waals surface area contributed by atoms with Crippen molar-refractivity contribution >= 4 is 28.5 Å². The molecule has 258 valence electrons. The van der Waals surface area contributed by atoms with Crippen LogP contribution in [0.15, 0.2) is 53.6 Å². The first kappa shape index (κ1) is 33.8. The monoisotopic (exact) mass is 686 g/mol. The number of hydrogen-bond acceptors (Lipinski definition) is 8. The minimum absolute atomic E-state index is 0.0923. The molecule has 4 aromatic rings. The molecule has 6 rings (SSSR count). The Kier molecular flexibility index (Phi) is 9.29. The lowest BCUT2D eigenvalue weighted by Gasteiger charge is -2.38. The second-order valence-corrected chi connectivity index (χ2v) is 11.8. The van der Waals surface area contributed by atoms with Crippen molar-refractivity contribution in [2.75, 3.05) is 38.4 Å². The maximum absolute atomic E-state index is 15.3. The van der Waals surface area contributed by atoms with Gasteiger partial charge in [-0.1, -0.05) is 12.1 Å². The van der Waals surface area contributed by atoms with Gasteiger partial charge in [0.1, 0.15) is 35.0 Å². The van der Waals surface area contributed by atoms with E-state index in [1.165, 1.54) is 4.57 Å². The van der Waals surface area contributed by atoms with Gasteiger partial charge in [0.15, 0.2) is 0 Å². The summed E-state index contributed by atoms with van der Waals surface area (Å²) in [5, 5.41) is 3.06. The van der Waals surface area contributed by atoms with Crippen molar-refractivity contribution in [3.63, 3.8) is 0 Å². The zero-order valence-corrected chi connectivity index (χ0v) is 26.4. The molecular weight excluding hydrogens is 655 g/mol. The zero-order chi connectivity index (χ0) is 35.0. The molecule has 0 unspecified atom stereocenters. The molecule has 0 aliphatic carbocycles. The van der Waals surface area contributed by atoms with Gasteiger partial charge in [-0.05, 0) is 48.2 Å². The molecule has 1 N–H and O–H groups in total. The fourth-order valence-electron chi connectivity index (χ4n) is 6.36. The number of amides is 1. The summed E-state index contributed by atoms with van der Waals surface area (Å²) in [4.78, 5) is 44.4. The predicted octanol–water partition coefficient (Wildman–Crippen LogP) is 4.49. The molecule has 1 saturated heterocycles. The van der Waals surface area contributed by atoms with Gasteiger partial charge in [-0.2, -0.15) is 13.2 Å². The first-order valence-electron chi connectivity index (χ1n) is 15.4. The molecule has 2 aliphatic heterocycles. The Labute approximate surface area is 276 Å². The minimum Gasteiger partial charge on any atom is -0.493 e. The lowest BCUT2D eigenvalue weighted by molar-refractivity contribution is -0.167. The van der Waals surface area contributed by atoms with Crippen LogP contribution >= 0.6 is 0 Å². The Balaban J connectivity index is 1.30. The Morgan fingerprint density at radius 1 is 1.10 bits per heavy atom. The number of ether oxygens (including phenoxy) is 3. The Bertz CT molecular complexity index is 1980. The van der Waals surface area contributed by atoms with Crippen LogP contribution in [0.4, 0.5) is 27.6 Å². The molecule has 0 radical (unpaired) electrons. The molecule has 15 heteroatoms. The van der Waals surface area contributed by atoms with Gasteiger partial charge in [0.25, 0.3) is 11.5 Å². The number of rotatable bonds is 7. The van der Waals surface area contributed by atoms with Gasteiger partial charge < -0.3 is 29.0 Å². The average Bonchev–Trinajstić information content (AvgIpc) is 3.08. The maximum Gasteiger partial charge on any atom is 0.411 e. The summed E-state index contributed by atoms with van der Waals surface area (Å²) in [5.74, 6) is -4.59. The first-order valence-corrected chi connectivity index (χ1v) is 15.4. The van der Waals surface area contributed by atoms with Gasteiger partial charge in [0.05, 0.1) is 38.0 Å². The van der Waals surface area contributed by atoms with Crippen LogP contribution in [0.25, 0.3) is 22.0 Å². The zero-order valence-electron chi connectivity index (χ0n) is 26.4. The van der Waals surface area contributed by atoms with E-state index >= 15 is 8.78 Å². The van der Waals surface area contributed by atoms with Crippen molar-refractivity contribution in [3.8, 4) is 16.9 Å². The van der Waals surface area contributed by atoms with E-state index in [0.29, 0.717) is 65.1 Å². The number of carbonyl (C=O) groups excluding carboxylic acids is 2. The van der Waals surface area contributed by atoms with E-state index in [-0.39, 0.29) is 25.1 Å². The fraction of sp³-hybridized carbons (Fsp3) is 0.353. The van der Waals surface area contributed by atoms with Crippen molar-refractivity contribution in [2.24, 2.45) is 7.05 Å². The summed E-state index contributed by atoms with van der Waals surface area (Å²) in [6.07, 6.45) is -0.521. The second kappa shape index (κ2) is 13.5. The van der Waals surface area contributed by atoms with Crippen LogP contribution < -0.4 is 20.5 Å². The van der Waals surface area contributed by atoms with Crippen LogP contribution in [-0.4, -0.2) is 73.2 Å². The number of aryl methyl sites for hydroxylation is 1. The molecule has 2 atom stereocenters. The number of halogens is 5. The number of aromatic nitrogens is 2. The summed E-state index contributed by atoms with van der Waals surface area (Å²) in [7, 11) is 2.74. The third-order valence-corrected chi connectivity index (χ3v) is 8.80. The molecule has 1 amide bonds. The second-order valence-electron chi connectivity index (χ2n) is 11.8. The van der Waals surface area contributed by atoms with Gasteiger partial charge in [0, 0.05) is 49.0 Å². The summed E-state index contributed by atoms with van der Waals surface area (Å²) >= 11 is 0. The molecule has 2 aliphatic rings. The molecule has 2 aromatic heterocycles. The van der Waals surface area contributed by atoms with E-state index in [2.05, 4.69) is 10.3 Å². The number of benzene rings is 2. The molecule has 1 fully saturated rings. The van der Waals surface area contributed by atoms with Crippen molar-refractivity contribution in [1.29, 1.82) is 0 Å². The number of nitrogens with one attached hydrogen (secondary N) is 1. The minimum atomic E-state index is -4.73. The lowest BCUT2D eigenvalue weighted by atomic mass is 9.90. The van der Waals surface area contributed by atoms with Crippen LogP contribution in [0.2, 0.25) is 0 Å². The van der Waals surface area contributed by atoms with Crippen LogP contribution in [0.5, 0.6) is 5.75 Å². The molecule has 49 heavy (non-hydrogen) atoms. The van der Waals surface area contributed by atoms with E-state index in [9.17, 15) is 27.6 Å². The van der Waals surface area contributed by atoms with Gasteiger partial charge in [-0.3, -0.25) is 14.6 Å². The number of hydrogen-bond donors (Lipinski definition) is 1. The normalized spacial score (nSPS) is 16.9. The van der Waals surface area contributed by atoms with Crippen molar-refractivity contribution in [2.45, 2.75) is 37.5 Å². The number of alkyl halides is 3. The summed E-state index contributed by atoms with van der Waals surface area (Å²) < 4.78 is 88.7. The number of nitrogens with zero attached hydrogens (tertiary/aromatic N) is 3. The average molecular weight is 687 g/mol. The fourth-order valence-corrected chi connectivity index (χ4v) is 6.36. The number of morpholine rings is 1.